The number of rotatable bonds is 2. The van der Waals surface area contributed by atoms with E-state index in [9.17, 15) is 9.59 Å². The minimum absolute atomic E-state index is 0.440. The van der Waals surface area contributed by atoms with Gasteiger partial charge in [0.05, 0.1) is 0 Å². The van der Waals surface area contributed by atoms with E-state index in [4.69, 9.17) is 5.11 Å². The van der Waals surface area contributed by atoms with Gasteiger partial charge in [0.1, 0.15) is 5.54 Å². The maximum absolute atomic E-state index is 10.7. The summed E-state index contributed by atoms with van der Waals surface area (Å²) in [6.45, 7) is 0. The molecule has 0 aromatic heterocycles. The highest BCUT2D eigenvalue weighted by Gasteiger charge is 2.51. The highest BCUT2D eigenvalue weighted by atomic mass is 16.4. The van der Waals surface area contributed by atoms with Crippen LogP contribution >= 0.6 is 0 Å². The Bertz CT molecular complexity index is 198. The molecule has 5 heteroatoms. The topological polar surface area (TPSA) is 78.4 Å². The molecule has 62 valence electrons. The molecule has 1 rings (SSSR count). The van der Waals surface area contributed by atoms with Crippen molar-refractivity contribution in [1.29, 1.82) is 0 Å². The van der Waals surface area contributed by atoms with E-state index in [0.717, 1.165) is 0 Å². The second kappa shape index (κ2) is 2.41. The molecule has 1 saturated carbocycles. The maximum Gasteiger partial charge on any atom is 0.329 e. The van der Waals surface area contributed by atoms with Crippen LogP contribution in [0.1, 0.15) is 12.8 Å². The van der Waals surface area contributed by atoms with Gasteiger partial charge >= 0.3 is 12.0 Å². The smallest absolute Gasteiger partial charge is 0.329 e. The van der Waals surface area contributed by atoms with Gasteiger partial charge in [-0.3, -0.25) is 0 Å². The maximum atomic E-state index is 10.7. The highest BCUT2D eigenvalue weighted by Crippen LogP contribution is 2.35. The van der Waals surface area contributed by atoms with Crippen molar-refractivity contribution in [3.63, 3.8) is 0 Å². The standard InChI is InChI=1S/C6H10N2O3/c1-7-5(11)8-6(2-3-6)4(9)10/h2-3H2,1H3,(H,9,10)(H2,7,8,11). The molecule has 0 aromatic rings. The summed E-state index contributed by atoms with van der Waals surface area (Å²) < 4.78 is 0. The number of amides is 2. The van der Waals surface area contributed by atoms with Crippen LogP contribution in [0.2, 0.25) is 0 Å². The molecule has 0 unspecified atom stereocenters. The predicted molar refractivity (Wildman–Crippen MR) is 37.2 cm³/mol. The van der Waals surface area contributed by atoms with E-state index in [1.54, 1.807) is 0 Å². The fourth-order valence-electron chi connectivity index (χ4n) is 0.797. The molecule has 11 heavy (non-hydrogen) atoms. The molecule has 2 amide bonds. The number of hydrogen-bond acceptors (Lipinski definition) is 2. The van der Waals surface area contributed by atoms with E-state index in [-0.39, 0.29) is 0 Å². The molecule has 0 aliphatic heterocycles. The molecule has 5 nitrogen and oxygen atoms in total. The highest BCUT2D eigenvalue weighted by molar-refractivity contribution is 5.88. The Kier molecular flexibility index (Phi) is 1.72. The first-order valence-corrected chi connectivity index (χ1v) is 3.34. The zero-order valence-corrected chi connectivity index (χ0v) is 6.18. The van der Waals surface area contributed by atoms with Gasteiger partial charge in [0, 0.05) is 7.05 Å². The largest absolute Gasteiger partial charge is 0.480 e. The number of hydrogen-bond donors (Lipinski definition) is 3. The summed E-state index contributed by atoms with van der Waals surface area (Å²) in [7, 11) is 1.45. The van der Waals surface area contributed by atoms with Gasteiger partial charge in [-0.15, -0.1) is 0 Å². The van der Waals surface area contributed by atoms with Crippen molar-refractivity contribution in [3.8, 4) is 0 Å². The first-order chi connectivity index (χ1) is 5.10. The van der Waals surface area contributed by atoms with Gasteiger partial charge < -0.3 is 15.7 Å². The minimum Gasteiger partial charge on any atom is -0.480 e. The lowest BCUT2D eigenvalue weighted by atomic mass is 10.3. The van der Waals surface area contributed by atoms with Gasteiger partial charge in [0.25, 0.3) is 0 Å². The number of urea groups is 1. The summed E-state index contributed by atoms with van der Waals surface area (Å²) in [5.41, 5.74) is -0.972. The minimum atomic E-state index is -0.972. The first-order valence-electron chi connectivity index (χ1n) is 3.34. The second-order valence-electron chi connectivity index (χ2n) is 2.59. The van der Waals surface area contributed by atoms with Gasteiger partial charge in [-0.05, 0) is 12.8 Å². The number of carbonyl (C=O) groups is 2. The van der Waals surface area contributed by atoms with E-state index in [0.29, 0.717) is 12.8 Å². The van der Waals surface area contributed by atoms with Crippen molar-refractivity contribution in [1.82, 2.24) is 10.6 Å². The lowest BCUT2D eigenvalue weighted by molar-refractivity contribution is -0.140. The van der Waals surface area contributed by atoms with Crippen LogP contribution in [0.15, 0.2) is 0 Å². The number of carboxylic acids is 1. The summed E-state index contributed by atoms with van der Waals surface area (Å²) in [6, 6.07) is -0.440. The molecular formula is C6H10N2O3. The molecule has 3 N–H and O–H groups in total. The van der Waals surface area contributed by atoms with E-state index < -0.39 is 17.5 Å². The Morgan fingerprint density at radius 1 is 1.45 bits per heavy atom. The fraction of sp³-hybridized carbons (Fsp3) is 0.667. The number of carboxylic acid groups (broad SMARTS) is 1. The zero-order valence-electron chi connectivity index (χ0n) is 6.18. The summed E-state index contributed by atoms with van der Waals surface area (Å²) in [5.74, 6) is -0.957. The van der Waals surface area contributed by atoms with Gasteiger partial charge in [-0.2, -0.15) is 0 Å². The fourth-order valence-corrected chi connectivity index (χ4v) is 0.797. The molecule has 0 radical (unpaired) electrons. The molecule has 0 aromatic carbocycles. The van der Waals surface area contributed by atoms with E-state index in [1.165, 1.54) is 7.05 Å². The van der Waals surface area contributed by atoms with Crippen molar-refractivity contribution < 1.29 is 14.7 Å². The van der Waals surface area contributed by atoms with Crippen LogP contribution in [0.3, 0.4) is 0 Å². The lowest BCUT2D eigenvalue weighted by Gasteiger charge is -2.10. The molecule has 0 bridgehead atoms. The molecule has 0 saturated heterocycles. The van der Waals surface area contributed by atoms with Crippen LogP contribution in [0.5, 0.6) is 0 Å². The van der Waals surface area contributed by atoms with Crippen LogP contribution in [-0.4, -0.2) is 29.7 Å². The number of nitrogens with one attached hydrogen (secondary N) is 2. The summed E-state index contributed by atoms with van der Waals surface area (Å²) in [6.07, 6.45) is 1.05. The van der Waals surface area contributed by atoms with E-state index >= 15 is 0 Å². The molecule has 1 aliphatic carbocycles. The molecule has 1 aliphatic rings. The molecule has 0 atom stereocenters. The third kappa shape index (κ3) is 1.42. The van der Waals surface area contributed by atoms with Crippen molar-refractivity contribution in [2.45, 2.75) is 18.4 Å². The molecule has 0 spiro atoms. The monoisotopic (exact) mass is 158 g/mol. The van der Waals surface area contributed by atoms with Crippen LogP contribution in [0.4, 0.5) is 4.79 Å². The first kappa shape index (κ1) is 7.84. The Morgan fingerprint density at radius 3 is 2.27 bits per heavy atom. The van der Waals surface area contributed by atoms with Crippen LogP contribution < -0.4 is 10.6 Å². The Balaban J connectivity index is 2.48. The third-order valence-electron chi connectivity index (χ3n) is 1.74. The van der Waals surface area contributed by atoms with Gasteiger partial charge in [-0.25, -0.2) is 9.59 Å². The van der Waals surface area contributed by atoms with E-state index in [1.807, 2.05) is 0 Å². The average Bonchev–Trinajstić information content (AvgIpc) is 2.69. The van der Waals surface area contributed by atoms with Crippen LogP contribution in [0, 0.1) is 0 Å². The normalized spacial score (nSPS) is 18.6. The molecule has 1 fully saturated rings. The summed E-state index contributed by atoms with van der Waals surface area (Å²) in [5, 5.41) is 13.3. The Morgan fingerprint density at radius 2 is 2.00 bits per heavy atom. The third-order valence-corrected chi connectivity index (χ3v) is 1.74. The lowest BCUT2D eigenvalue weighted by Crippen LogP contribution is -2.46. The number of aliphatic carboxylic acids is 1. The van der Waals surface area contributed by atoms with Crippen molar-refractivity contribution >= 4 is 12.0 Å². The van der Waals surface area contributed by atoms with Crippen LogP contribution in [0.25, 0.3) is 0 Å². The second-order valence-corrected chi connectivity index (χ2v) is 2.59. The average molecular weight is 158 g/mol. The predicted octanol–water partition coefficient (Wildman–Crippen LogP) is -0.467. The zero-order chi connectivity index (χ0) is 8.48. The summed E-state index contributed by atoms with van der Waals surface area (Å²) >= 11 is 0. The summed E-state index contributed by atoms with van der Waals surface area (Å²) in [4.78, 5) is 21.2. The van der Waals surface area contributed by atoms with Gasteiger partial charge in [0.15, 0.2) is 0 Å². The van der Waals surface area contributed by atoms with Crippen molar-refractivity contribution in [2.75, 3.05) is 7.05 Å². The Labute approximate surface area is 63.8 Å². The quantitative estimate of drug-likeness (QED) is 0.508. The van der Waals surface area contributed by atoms with Gasteiger partial charge in [-0.1, -0.05) is 0 Å². The van der Waals surface area contributed by atoms with Crippen LogP contribution in [-0.2, 0) is 4.79 Å². The van der Waals surface area contributed by atoms with Crippen molar-refractivity contribution in [3.05, 3.63) is 0 Å². The molecular weight excluding hydrogens is 148 g/mol. The number of carbonyl (C=O) groups excluding carboxylic acids is 1. The van der Waals surface area contributed by atoms with E-state index in [2.05, 4.69) is 10.6 Å². The Hall–Kier alpha value is -1.26. The van der Waals surface area contributed by atoms with Crippen molar-refractivity contribution in [2.24, 2.45) is 0 Å². The SMILES string of the molecule is CNC(=O)NC1(C(=O)O)CC1. The van der Waals surface area contributed by atoms with Gasteiger partial charge in [0.2, 0.25) is 0 Å². The molecule has 0 heterocycles.